The number of nitrogens with zero attached hydrogens (tertiary/aromatic N) is 6. The van der Waals surface area contributed by atoms with Gasteiger partial charge in [-0.2, -0.15) is 0 Å². The van der Waals surface area contributed by atoms with Crippen LogP contribution in [0.25, 0.3) is 16.6 Å². The van der Waals surface area contributed by atoms with Crippen LogP contribution < -0.4 is 25.0 Å². The molecule has 0 bridgehead atoms. The molecule has 4 aliphatic heterocycles. The van der Waals surface area contributed by atoms with Gasteiger partial charge in [0.1, 0.15) is 28.9 Å². The number of nitro groups is 1. The average Bonchev–Trinajstić information content (AvgIpc) is 3.37. The summed E-state index contributed by atoms with van der Waals surface area (Å²) in [6.07, 6.45) is 9.12. The lowest BCUT2D eigenvalue weighted by Crippen LogP contribution is -2.52. The van der Waals surface area contributed by atoms with Crippen LogP contribution in [0.3, 0.4) is 0 Å². The number of pyridine rings is 1. The minimum Gasteiger partial charge on any atom is -0.455 e. The highest BCUT2D eigenvalue weighted by Crippen LogP contribution is 2.44. The standard InChI is InChI=1S/C64H69ClN10O10S/c1-64(2)23-21-46(53(36-64)43-11-13-48(65)14-12-43)40-72-26-28-73(29-27-72)49-15-17-52(57(34-49)85-50-33-45-22-24-66-60(45)68-38-50)61(77)70-86(82,83)51-16-18-54(56(35-51)75(80)81)67-37-42-7-6-25-71(39-42)30-32-84-31-4-3-8-44-9-5-10-47-41-74(63(79)59(44)47)55-19-20-58(76)69-62(55)78/h5,9-18,22,24,33-35,38,42,55,67H,4,6-7,19-21,23,25-32,36-37,39-41H2,1-2H3,(H,66,68)(H,70,77)(H,69,76,78). The summed E-state index contributed by atoms with van der Waals surface area (Å²) in [6, 6.07) is 25.1. The molecule has 3 fully saturated rings. The molecule has 86 heavy (non-hydrogen) atoms. The Hall–Kier alpha value is -8.13. The maximum Gasteiger partial charge on any atom is 0.293 e. The third-order valence-electron chi connectivity index (χ3n) is 16.9. The summed E-state index contributed by atoms with van der Waals surface area (Å²) in [6.45, 7) is 12.3. The molecule has 6 heterocycles. The number of allylic oxidation sites excluding steroid dienone is 1. The van der Waals surface area contributed by atoms with Crippen LogP contribution in [0.1, 0.15) is 103 Å². The molecule has 4 amide bonds. The molecule has 0 radical (unpaired) electrons. The molecular formula is C64H69ClN10O10S. The number of likely N-dealkylation sites (tertiary alicyclic amines) is 1. The van der Waals surface area contributed by atoms with Crippen molar-refractivity contribution in [1.82, 2.24) is 34.7 Å². The van der Waals surface area contributed by atoms with Gasteiger partial charge in [0.05, 0.1) is 40.4 Å². The van der Waals surface area contributed by atoms with E-state index in [2.05, 4.69) is 77.8 Å². The van der Waals surface area contributed by atoms with Crippen LogP contribution in [0.4, 0.5) is 17.1 Å². The van der Waals surface area contributed by atoms with Gasteiger partial charge in [-0.25, -0.2) is 18.1 Å². The Balaban J connectivity index is 0.686. The van der Waals surface area contributed by atoms with Crippen molar-refractivity contribution in [3.63, 3.8) is 0 Å². The first-order valence-electron chi connectivity index (χ1n) is 29.3. The van der Waals surface area contributed by atoms with Crippen molar-refractivity contribution >= 4 is 78.9 Å². The van der Waals surface area contributed by atoms with Crippen molar-refractivity contribution in [2.24, 2.45) is 11.3 Å². The largest absolute Gasteiger partial charge is 0.455 e. The predicted molar refractivity (Wildman–Crippen MR) is 327 cm³/mol. The van der Waals surface area contributed by atoms with Gasteiger partial charge < -0.3 is 34.5 Å². The predicted octanol–water partition coefficient (Wildman–Crippen LogP) is 9.16. The number of fused-ring (bicyclic) bond motifs is 2. The van der Waals surface area contributed by atoms with E-state index in [0.29, 0.717) is 73.4 Å². The summed E-state index contributed by atoms with van der Waals surface area (Å²) in [5.74, 6) is 4.75. The van der Waals surface area contributed by atoms with E-state index < -0.39 is 43.4 Å². The number of hydrogen-bond donors (Lipinski definition) is 4. The van der Waals surface area contributed by atoms with Gasteiger partial charge in [0, 0.05) is 112 Å². The SMILES string of the molecule is CC1(C)CCC(CN2CCN(c3ccc(C(=O)NS(=O)(=O)c4ccc(NCC5CCCN(CCOCCC#Cc6cccc7c6C(=O)N(C6CCC(=O)NC6=O)C7)C5)c([N+](=O)[O-])c4)c(Oc4cnc5[nH]ccc5c4)c3)CC2)=C(c2ccc(Cl)cc2)C1. The molecule has 20 nitrogen and oxygen atoms in total. The number of piperidine rings is 2. The van der Waals surface area contributed by atoms with Crippen LogP contribution in [0.2, 0.25) is 5.02 Å². The Morgan fingerprint density at radius 1 is 0.942 bits per heavy atom. The van der Waals surface area contributed by atoms with Gasteiger partial charge >= 0.3 is 0 Å². The molecule has 448 valence electrons. The van der Waals surface area contributed by atoms with Crippen LogP contribution in [0, 0.1) is 33.3 Å². The molecule has 1 aliphatic carbocycles. The topological polar surface area (TPSA) is 242 Å². The quantitative estimate of drug-likeness (QED) is 0.0194. The summed E-state index contributed by atoms with van der Waals surface area (Å²) < 4.78 is 42.5. The fourth-order valence-electron chi connectivity index (χ4n) is 12.3. The number of hydrogen-bond acceptors (Lipinski definition) is 15. The molecule has 22 heteroatoms. The zero-order valence-electron chi connectivity index (χ0n) is 48.2. The lowest BCUT2D eigenvalue weighted by atomic mass is 9.72. The number of carbonyl (C=O) groups excluding carboxylic acids is 4. The fraction of sp³-hybridized carbons (Fsp3) is 0.391. The zero-order chi connectivity index (χ0) is 60.1. The van der Waals surface area contributed by atoms with Gasteiger partial charge in [0.15, 0.2) is 0 Å². The Bertz CT molecular complexity index is 3810. The van der Waals surface area contributed by atoms with Crippen molar-refractivity contribution in [2.75, 3.05) is 82.3 Å². The molecule has 4 N–H and O–H groups in total. The van der Waals surface area contributed by atoms with Gasteiger partial charge in [-0.05, 0) is 128 Å². The Morgan fingerprint density at radius 3 is 2.57 bits per heavy atom. The van der Waals surface area contributed by atoms with E-state index in [-0.39, 0.29) is 59.5 Å². The van der Waals surface area contributed by atoms with E-state index in [1.54, 1.807) is 30.5 Å². The molecule has 2 atom stereocenters. The van der Waals surface area contributed by atoms with Gasteiger partial charge in [0.2, 0.25) is 11.8 Å². The maximum atomic E-state index is 14.2. The third-order valence-corrected chi connectivity index (χ3v) is 18.5. The van der Waals surface area contributed by atoms with Crippen LogP contribution in [-0.4, -0.2) is 140 Å². The van der Waals surface area contributed by atoms with Crippen molar-refractivity contribution < 1.29 is 42.0 Å². The van der Waals surface area contributed by atoms with E-state index in [0.717, 1.165) is 87.5 Å². The summed E-state index contributed by atoms with van der Waals surface area (Å²) in [4.78, 5) is 79.2. The van der Waals surface area contributed by atoms with Crippen LogP contribution in [0.15, 0.2) is 114 Å². The molecule has 0 spiro atoms. The highest BCUT2D eigenvalue weighted by atomic mass is 35.5. The smallest absolute Gasteiger partial charge is 0.293 e. The first kappa shape index (κ1) is 59.6. The molecule has 2 unspecified atom stereocenters. The summed E-state index contributed by atoms with van der Waals surface area (Å²) in [5, 5.41) is 19.5. The van der Waals surface area contributed by atoms with Crippen LogP contribution in [-0.2, 0) is 30.9 Å². The van der Waals surface area contributed by atoms with Crippen molar-refractivity contribution in [3.05, 3.63) is 152 Å². The normalized spacial score (nSPS) is 19.2. The first-order chi connectivity index (χ1) is 41.4. The van der Waals surface area contributed by atoms with Gasteiger partial charge in [-0.3, -0.25) is 39.5 Å². The lowest BCUT2D eigenvalue weighted by Gasteiger charge is -2.39. The molecule has 4 aromatic carbocycles. The Labute approximate surface area is 504 Å². The second kappa shape index (κ2) is 25.8. The highest BCUT2D eigenvalue weighted by molar-refractivity contribution is 7.90. The average molecular weight is 1210 g/mol. The number of carbonyl (C=O) groups is 4. The van der Waals surface area contributed by atoms with Crippen LogP contribution in [0.5, 0.6) is 11.5 Å². The second-order valence-electron chi connectivity index (χ2n) is 23.5. The van der Waals surface area contributed by atoms with Gasteiger partial charge in [-0.1, -0.05) is 67.1 Å². The number of rotatable bonds is 19. The number of piperazine rings is 1. The van der Waals surface area contributed by atoms with Gasteiger partial charge in [0.25, 0.3) is 27.5 Å². The number of aromatic amines is 1. The molecule has 5 aliphatic rings. The summed E-state index contributed by atoms with van der Waals surface area (Å²) >= 11 is 6.27. The number of halogens is 1. The van der Waals surface area contributed by atoms with Crippen LogP contribution >= 0.6 is 11.6 Å². The van der Waals surface area contributed by atoms with E-state index in [1.807, 2.05) is 30.3 Å². The number of amides is 4. The molecule has 0 saturated carbocycles. The summed E-state index contributed by atoms with van der Waals surface area (Å²) in [5.41, 5.74) is 7.20. The van der Waals surface area contributed by atoms with Crippen molar-refractivity contribution in [2.45, 2.75) is 82.7 Å². The zero-order valence-corrected chi connectivity index (χ0v) is 49.7. The molecule has 2 aromatic heterocycles. The number of aromatic nitrogens is 2. The third kappa shape index (κ3) is 13.9. The van der Waals surface area contributed by atoms with E-state index in [9.17, 15) is 37.7 Å². The number of anilines is 2. The molecule has 3 saturated heterocycles. The lowest BCUT2D eigenvalue weighted by molar-refractivity contribution is -0.384. The van der Waals surface area contributed by atoms with E-state index in [4.69, 9.17) is 21.1 Å². The summed E-state index contributed by atoms with van der Waals surface area (Å²) in [7, 11) is -4.64. The maximum absolute atomic E-state index is 14.2. The fourth-order valence-corrected chi connectivity index (χ4v) is 13.4. The first-order valence-corrected chi connectivity index (χ1v) is 31.1. The number of nitrogens with one attached hydrogen (secondary N) is 4. The molecule has 6 aromatic rings. The second-order valence-corrected chi connectivity index (χ2v) is 25.6. The number of ether oxygens (including phenoxy) is 2. The highest BCUT2D eigenvalue weighted by Gasteiger charge is 2.40. The number of H-pyrrole nitrogens is 1. The number of benzene rings is 4. The minimum atomic E-state index is -4.64. The van der Waals surface area contributed by atoms with Crippen molar-refractivity contribution in [1.29, 1.82) is 0 Å². The Kier molecular flexibility index (Phi) is 17.9. The van der Waals surface area contributed by atoms with Gasteiger partial charge in [-0.15, -0.1) is 0 Å². The van der Waals surface area contributed by atoms with E-state index in [1.165, 1.54) is 46.0 Å². The van der Waals surface area contributed by atoms with E-state index >= 15 is 0 Å². The molecular weight excluding hydrogens is 1140 g/mol. The van der Waals surface area contributed by atoms with Crippen molar-refractivity contribution in [3.8, 4) is 23.3 Å². The minimum absolute atomic E-state index is 0.0627. The Morgan fingerprint density at radius 2 is 1.77 bits per heavy atom. The number of imide groups is 1. The molecule has 11 rings (SSSR count). The number of nitro benzene ring substituents is 1. The number of sulfonamides is 1. The monoisotopic (exact) mass is 1200 g/mol.